The van der Waals surface area contributed by atoms with Crippen molar-refractivity contribution in [2.45, 2.75) is 0 Å². The van der Waals surface area contributed by atoms with Crippen LogP contribution in [0.1, 0.15) is 0 Å². The van der Waals surface area contributed by atoms with Gasteiger partial charge in [0.15, 0.2) is 0 Å². The second-order valence-corrected chi connectivity index (χ2v) is 7.45. The minimum Gasteiger partial charge on any atom is -0.135 e. The molecule has 4 aromatic carbocycles. The third kappa shape index (κ3) is 2.06. The number of hydrogen-bond donors (Lipinski definition) is 0. The Morgan fingerprint density at radius 3 is 2.38 bits per heavy atom. The molecule has 24 heavy (non-hydrogen) atoms. The molecular formula is C22H13ClS. The second-order valence-electron chi connectivity index (χ2n) is 5.96. The van der Waals surface area contributed by atoms with Crippen molar-refractivity contribution < 1.29 is 0 Å². The van der Waals surface area contributed by atoms with E-state index in [1.807, 2.05) is 17.4 Å². The van der Waals surface area contributed by atoms with E-state index >= 15 is 0 Å². The van der Waals surface area contributed by atoms with E-state index in [2.05, 4.69) is 72.8 Å². The fourth-order valence-corrected chi connectivity index (χ4v) is 4.85. The second kappa shape index (κ2) is 5.34. The highest BCUT2D eigenvalue weighted by Crippen LogP contribution is 2.44. The SMILES string of the molecule is Clc1ccc2sc3c4ccccc4cc(-c4ccccc4)c3c2c1. The third-order valence-corrected chi connectivity index (χ3v) is 5.95. The van der Waals surface area contributed by atoms with Crippen LogP contribution in [0.25, 0.3) is 42.1 Å². The van der Waals surface area contributed by atoms with Gasteiger partial charge in [-0.15, -0.1) is 11.3 Å². The number of hydrogen-bond acceptors (Lipinski definition) is 1. The highest BCUT2D eigenvalue weighted by molar-refractivity contribution is 7.26. The van der Waals surface area contributed by atoms with Gasteiger partial charge in [0.05, 0.1) is 0 Å². The van der Waals surface area contributed by atoms with Crippen LogP contribution in [0.3, 0.4) is 0 Å². The van der Waals surface area contributed by atoms with Crippen molar-refractivity contribution in [1.82, 2.24) is 0 Å². The molecule has 0 aliphatic carbocycles. The van der Waals surface area contributed by atoms with Crippen molar-refractivity contribution in [2.24, 2.45) is 0 Å². The van der Waals surface area contributed by atoms with Gasteiger partial charge in [-0.2, -0.15) is 0 Å². The van der Waals surface area contributed by atoms with Crippen LogP contribution in [-0.4, -0.2) is 0 Å². The molecular weight excluding hydrogens is 332 g/mol. The number of rotatable bonds is 1. The van der Waals surface area contributed by atoms with Crippen molar-refractivity contribution in [2.75, 3.05) is 0 Å². The maximum absolute atomic E-state index is 6.30. The first kappa shape index (κ1) is 14.0. The van der Waals surface area contributed by atoms with Gasteiger partial charge in [0.2, 0.25) is 0 Å². The Labute approximate surface area is 148 Å². The molecule has 1 aromatic heterocycles. The third-order valence-electron chi connectivity index (χ3n) is 4.51. The monoisotopic (exact) mass is 344 g/mol. The Hall–Kier alpha value is -2.35. The highest BCUT2D eigenvalue weighted by Gasteiger charge is 2.14. The minimum atomic E-state index is 0.786. The molecule has 0 unspecified atom stereocenters. The number of thiophene rings is 1. The van der Waals surface area contributed by atoms with Gasteiger partial charge in [-0.05, 0) is 46.2 Å². The number of halogens is 1. The molecule has 0 aliphatic heterocycles. The van der Waals surface area contributed by atoms with Gasteiger partial charge < -0.3 is 0 Å². The van der Waals surface area contributed by atoms with Gasteiger partial charge in [0, 0.05) is 25.2 Å². The molecule has 0 radical (unpaired) electrons. The zero-order chi connectivity index (χ0) is 16.1. The molecule has 0 aliphatic rings. The number of benzene rings is 4. The predicted molar refractivity (Wildman–Crippen MR) is 107 cm³/mol. The quantitative estimate of drug-likeness (QED) is 0.295. The van der Waals surface area contributed by atoms with Crippen molar-refractivity contribution in [3.63, 3.8) is 0 Å². The first-order valence-electron chi connectivity index (χ1n) is 7.90. The van der Waals surface area contributed by atoms with Crippen LogP contribution >= 0.6 is 22.9 Å². The standard InChI is InChI=1S/C22H13ClS/c23-16-10-11-20-19(13-16)21-18(14-6-2-1-3-7-14)12-15-8-4-5-9-17(15)22(21)24-20/h1-13H. The molecule has 114 valence electrons. The predicted octanol–water partition coefficient (Wildman–Crippen LogP) is 7.53. The molecule has 5 rings (SSSR count). The highest BCUT2D eigenvalue weighted by atomic mass is 35.5. The van der Waals surface area contributed by atoms with E-state index in [1.54, 1.807) is 0 Å². The van der Waals surface area contributed by atoms with Crippen LogP contribution in [0, 0.1) is 0 Å². The largest absolute Gasteiger partial charge is 0.135 e. The van der Waals surface area contributed by atoms with Crippen molar-refractivity contribution in [1.29, 1.82) is 0 Å². The summed E-state index contributed by atoms with van der Waals surface area (Å²) in [6, 6.07) is 27.7. The maximum Gasteiger partial charge on any atom is 0.0440 e. The summed E-state index contributed by atoms with van der Waals surface area (Å²) in [6.07, 6.45) is 0. The van der Waals surface area contributed by atoms with Crippen LogP contribution in [0.4, 0.5) is 0 Å². The zero-order valence-corrected chi connectivity index (χ0v) is 14.4. The lowest BCUT2D eigenvalue weighted by Gasteiger charge is -2.08. The smallest absolute Gasteiger partial charge is 0.0440 e. The van der Waals surface area contributed by atoms with E-state index in [4.69, 9.17) is 11.6 Å². The Morgan fingerprint density at radius 2 is 1.50 bits per heavy atom. The first-order chi connectivity index (χ1) is 11.8. The molecule has 0 saturated heterocycles. The zero-order valence-electron chi connectivity index (χ0n) is 12.8. The molecule has 0 saturated carbocycles. The van der Waals surface area contributed by atoms with E-state index in [-0.39, 0.29) is 0 Å². The van der Waals surface area contributed by atoms with E-state index in [9.17, 15) is 0 Å². The molecule has 0 bridgehead atoms. The summed E-state index contributed by atoms with van der Waals surface area (Å²) in [6.45, 7) is 0. The van der Waals surface area contributed by atoms with Gasteiger partial charge in [-0.25, -0.2) is 0 Å². The first-order valence-corrected chi connectivity index (χ1v) is 9.10. The molecule has 1 heterocycles. The van der Waals surface area contributed by atoms with Crippen molar-refractivity contribution in [3.8, 4) is 11.1 Å². The summed E-state index contributed by atoms with van der Waals surface area (Å²) in [5, 5.41) is 5.93. The Balaban J connectivity index is 2.06. The number of fused-ring (bicyclic) bond motifs is 5. The molecule has 5 aromatic rings. The van der Waals surface area contributed by atoms with Crippen LogP contribution in [0.2, 0.25) is 5.02 Å². The minimum absolute atomic E-state index is 0.786. The lowest BCUT2D eigenvalue weighted by Crippen LogP contribution is -1.82. The van der Waals surface area contributed by atoms with Crippen LogP contribution in [0.15, 0.2) is 78.9 Å². The summed E-state index contributed by atoms with van der Waals surface area (Å²) in [7, 11) is 0. The molecule has 2 heteroatoms. The van der Waals surface area contributed by atoms with E-state index in [1.165, 1.54) is 42.1 Å². The van der Waals surface area contributed by atoms with Crippen molar-refractivity contribution in [3.05, 3.63) is 83.9 Å². The summed E-state index contributed by atoms with van der Waals surface area (Å²) in [5.41, 5.74) is 2.52. The van der Waals surface area contributed by atoms with E-state index in [0.717, 1.165) is 5.02 Å². The van der Waals surface area contributed by atoms with Gasteiger partial charge in [0.1, 0.15) is 0 Å². The summed E-state index contributed by atoms with van der Waals surface area (Å²) in [5.74, 6) is 0. The Morgan fingerprint density at radius 1 is 0.708 bits per heavy atom. The van der Waals surface area contributed by atoms with Gasteiger partial charge >= 0.3 is 0 Å². The molecule has 0 spiro atoms. The molecule has 0 atom stereocenters. The Bertz CT molecular complexity index is 1200. The fraction of sp³-hybridized carbons (Fsp3) is 0. The molecule has 0 nitrogen and oxygen atoms in total. The topological polar surface area (TPSA) is 0 Å². The summed E-state index contributed by atoms with van der Waals surface area (Å²) in [4.78, 5) is 0. The normalized spacial score (nSPS) is 11.5. The average Bonchev–Trinajstić information content (AvgIpc) is 3.01. The molecule has 0 fully saturated rings. The van der Waals surface area contributed by atoms with E-state index in [0.29, 0.717) is 0 Å². The van der Waals surface area contributed by atoms with E-state index < -0.39 is 0 Å². The van der Waals surface area contributed by atoms with Gasteiger partial charge in [-0.1, -0.05) is 66.2 Å². The summed E-state index contributed by atoms with van der Waals surface area (Å²) < 4.78 is 2.62. The lowest BCUT2D eigenvalue weighted by molar-refractivity contribution is 1.68. The maximum atomic E-state index is 6.30. The lowest BCUT2D eigenvalue weighted by atomic mass is 9.95. The van der Waals surface area contributed by atoms with Crippen molar-refractivity contribution >= 4 is 53.9 Å². The van der Waals surface area contributed by atoms with Crippen LogP contribution in [0.5, 0.6) is 0 Å². The van der Waals surface area contributed by atoms with Crippen LogP contribution in [-0.2, 0) is 0 Å². The molecule has 0 N–H and O–H groups in total. The van der Waals surface area contributed by atoms with Gasteiger partial charge in [0.25, 0.3) is 0 Å². The van der Waals surface area contributed by atoms with Gasteiger partial charge in [-0.3, -0.25) is 0 Å². The Kier molecular flexibility index (Phi) is 3.12. The average molecular weight is 345 g/mol. The summed E-state index contributed by atoms with van der Waals surface area (Å²) >= 11 is 8.15. The fourth-order valence-electron chi connectivity index (χ4n) is 3.43. The molecule has 0 amide bonds. The van der Waals surface area contributed by atoms with Crippen LogP contribution < -0.4 is 0 Å².